The Balaban J connectivity index is 2.31. The van der Waals surface area contributed by atoms with Crippen molar-refractivity contribution in [2.75, 3.05) is 6.54 Å². The van der Waals surface area contributed by atoms with Crippen molar-refractivity contribution in [2.24, 2.45) is 5.73 Å². The second-order valence-corrected chi connectivity index (χ2v) is 10.4. The topological polar surface area (TPSA) is 93.8 Å². The summed E-state index contributed by atoms with van der Waals surface area (Å²) in [6.07, 6.45) is -18.9. The Morgan fingerprint density at radius 1 is 0.933 bits per heavy atom. The van der Waals surface area contributed by atoms with Crippen molar-refractivity contribution in [2.45, 2.75) is 63.1 Å². The first-order valence-corrected chi connectivity index (χ1v) is 13.3. The molecule has 0 aliphatic carbocycles. The molecule has 0 aliphatic heterocycles. The van der Waals surface area contributed by atoms with Gasteiger partial charge in [-0.1, -0.05) is 18.2 Å². The number of benzene rings is 3. The van der Waals surface area contributed by atoms with Crippen molar-refractivity contribution < 1.29 is 58.9 Å². The van der Waals surface area contributed by atoms with Gasteiger partial charge >= 0.3 is 18.7 Å². The van der Waals surface area contributed by atoms with E-state index in [1.54, 1.807) is 13.8 Å². The largest absolute Gasteiger partial charge is 0.488 e. The van der Waals surface area contributed by atoms with E-state index in [4.69, 9.17) is 10.5 Å². The standard InChI is InChI=1S/C30H29F9N2O4/c1-16(2)44-25-11-19(7-8-24(25)32)28(41-15-22(42)14-29(35,36)37,13-17-3-5-18(6-4-17)26(40)43)20-9-21(31)12-23(10-20)45-30(38,39)27(33)34/h3-12,16,22,27,41-42H,13-15H2,1-2H3,(H2,40,43). The maximum atomic E-state index is 15.0. The molecule has 0 aromatic heterocycles. The molecule has 0 aliphatic rings. The molecule has 3 rings (SSSR count). The number of nitrogens with one attached hydrogen (secondary N) is 1. The lowest BCUT2D eigenvalue weighted by molar-refractivity contribution is -0.253. The number of halogens is 9. The van der Waals surface area contributed by atoms with Crippen LogP contribution in [-0.2, 0) is 12.0 Å². The Labute approximate surface area is 251 Å². The summed E-state index contributed by atoms with van der Waals surface area (Å²) >= 11 is 0. The van der Waals surface area contributed by atoms with Gasteiger partial charge in [0, 0.05) is 18.2 Å². The zero-order valence-corrected chi connectivity index (χ0v) is 23.8. The van der Waals surface area contributed by atoms with E-state index >= 15 is 0 Å². The predicted molar refractivity (Wildman–Crippen MR) is 144 cm³/mol. The molecule has 0 heterocycles. The van der Waals surface area contributed by atoms with Gasteiger partial charge in [0.15, 0.2) is 11.6 Å². The van der Waals surface area contributed by atoms with Crippen LogP contribution in [0.15, 0.2) is 60.7 Å². The number of aliphatic hydroxyl groups excluding tert-OH is 1. The van der Waals surface area contributed by atoms with Gasteiger partial charge in [-0.3, -0.25) is 4.79 Å². The molecule has 15 heteroatoms. The fourth-order valence-corrected chi connectivity index (χ4v) is 4.54. The van der Waals surface area contributed by atoms with Crippen molar-refractivity contribution in [1.82, 2.24) is 5.32 Å². The minimum atomic E-state index is -5.05. The second kappa shape index (κ2) is 14.0. The average molecular weight is 653 g/mol. The highest BCUT2D eigenvalue weighted by atomic mass is 19.4. The first-order valence-electron chi connectivity index (χ1n) is 13.3. The van der Waals surface area contributed by atoms with E-state index in [2.05, 4.69) is 10.1 Å². The predicted octanol–water partition coefficient (Wildman–Crippen LogP) is 6.48. The van der Waals surface area contributed by atoms with E-state index in [1.165, 1.54) is 24.3 Å². The van der Waals surface area contributed by atoms with Gasteiger partial charge in [-0.05, 0) is 73.4 Å². The van der Waals surface area contributed by atoms with E-state index in [0.29, 0.717) is 11.6 Å². The van der Waals surface area contributed by atoms with Crippen LogP contribution in [0.3, 0.4) is 0 Å². The Bertz CT molecular complexity index is 1470. The third-order valence-corrected chi connectivity index (χ3v) is 6.47. The van der Waals surface area contributed by atoms with Crippen LogP contribution >= 0.6 is 0 Å². The van der Waals surface area contributed by atoms with E-state index < -0.39 is 72.7 Å². The lowest BCUT2D eigenvalue weighted by Crippen LogP contribution is -2.49. The fraction of sp³-hybridized carbons (Fsp3) is 0.367. The number of rotatable bonds is 14. The number of primary amides is 1. The van der Waals surface area contributed by atoms with Crippen molar-refractivity contribution in [3.05, 3.63) is 94.6 Å². The number of carbonyl (C=O) groups is 1. The van der Waals surface area contributed by atoms with Gasteiger partial charge < -0.3 is 25.6 Å². The van der Waals surface area contributed by atoms with E-state index in [-0.39, 0.29) is 28.9 Å². The fourth-order valence-electron chi connectivity index (χ4n) is 4.54. The Morgan fingerprint density at radius 2 is 1.58 bits per heavy atom. The van der Waals surface area contributed by atoms with Crippen LogP contribution < -0.4 is 20.5 Å². The van der Waals surface area contributed by atoms with Gasteiger partial charge in [0.05, 0.1) is 24.2 Å². The van der Waals surface area contributed by atoms with Crippen molar-refractivity contribution >= 4 is 5.91 Å². The molecule has 0 bridgehead atoms. The first-order chi connectivity index (χ1) is 20.8. The van der Waals surface area contributed by atoms with E-state index in [1.807, 2.05) is 0 Å². The summed E-state index contributed by atoms with van der Waals surface area (Å²) in [5.74, 6) is -4.32. The number of hydrogen-bond acceptors (Lipinski definition) is 5. The van der Waals surface area contributed by atoms with Crippen LogP contribution in [0.5, 0.6) is 11.5 Å². The average Bonchev–Trinajstić information content (AvgIpc) is 2.90. The molecule has 45 heavy (non-hydrogen) atoms. The molecule has 246 valence electrons. The maximum Gasteiger partial charge on any atom is 0.461 e. The van der Waals surface area contributed by atoms with Crippen molar-refractivity contribution in [3.8, 4) is 11.5 Å². The molecule has 6 nitrogen and oxygen atoms in total. The summed E-state index contributed by atoms with van der Waals surface area (Å²) in [5, 5.41) is 13.0. The molecule has 0 saturated carbocycles. The lowest BCUT2D eigenvalue weighted by Gasteiger charge is -2.38. The third-order valence-electron chi connectivity index (χ3n) is 6.47. The van der Waals surface area contributed by atoms with E-state index in [9.17, 15) is 49.4 Å². The van der Waals surface area contributed by atoms with Crippen LogP contribution in [-0.4, -0.2) is 48.5 Å². The van der Waals surface area contributed by atoms with Crippen molar-refractivity contribution in [3.63, 3.8) is 0 Å². The molecular formula is C30H29F9N2O4. The number of hydrogen-bond donors (Lipinski definition) is 3. The van der Waals surface area contributed by atoms with Crippen LogP contribution in [0.2, 0.25) is 0 Å². The highest BCUT2D eigenvalue weighted by Gasteiger charge is 2.45. The summed E-state index contributed by atoms with van der Waals surface area (Å²) in [6.45, 7) is 2.31. The number of ether oxygens (including phenoxy) is 2. The van der Waals surface area contributed by atoms with Crippen LogP contribution in [0.1, 0.15) is 47.3 Å². The molecule has 0 radical (unpaired) electrons. The zero-order chi connectivity index (χ0) is 33.7. The third kappa shape index (κ3) is 9.50. The molecule has 2 unspecified atom stereocenters. The SMILES string of the molecule is CC(C)Oc1cc(C(Cc2ccc(C(N)=O)cc2)(NCC(O)CC(F)(F)F)c2cc(F)cc(OC(F)(F)C(F)F)c2)ccc1F. The maximum absolute atomic E-state index is 15.0. The smallest absolute Gasteiger partial charge is 0.461 e. The summed E-state index contributed by atoms with van der Waals surface area (Å²) < 4.78 is 132. The summed E-state index contributed by atoms with van der Waals surface area (Å²) in [7, 11) is 0. The monoisotopic (exact) mass is 652 g/mol. The van der Waals surface area contributed by atoms with Crippen molar-refractivity contribution in [1.29, 1.82) is 0 Å². The number of carbonyl (C=O) groups excluding carboxylic acids is 1. The Kier molecular flexibility index (Phi) is 11.0. The molecular weight excluding hydrogens is 623 g/mol. The number of aliphatic hydroxyl groups is 1. The highest BCUT2D eigenvalue weighted by molar-refractivity contribution is 5.92. The molecule has 0 fully saturated rings. The molecule has 3 aromatic carbocycles. The molecule has 4 N–H and O–H groups in total. The quantitative estimate of drug-likeness (QED) is 0.174. The van der Waals surface area contributed by atoms with E-state index in [0.717, 1.165) is 30.3 Å². The van der Waals surface area contributed by atoms with Crippen LogP contribution in [0, 0.1) is 11.6 Å². The van der Waals surface area contributed by atoms with Crippen LogP contribution in [0.25, 0.3) is 0 Å². The molecule has 0 spiro atoms. The van der Waals surface area contributed by atoms with Gasteiger partial charge in [-0.25, -0.2) is 8.78 Å². The van der Waals surface area contributed by atoms with Gasteiger partial charge in [-0.15, -0.1) is 0 Å². The van der Waals surface area contributed by atoms with Gasteiger partial charge in [0.1, 0.15) is 11.6 Å². The first kappa shape index (κ1) is 35.5. The lowest BCUT2D eigenvalue weighted by atomic mass is 9.77. The number of amides is 1. The Morgan fingerprint density at radius 3 is 2.13 bits per heavy atom. The highest BCUT2D eigenvalue weighted by Crippen LogP contribution is 2.39. The number of nitrogens with two attached hydrogens (primary N) is 1. The minimum Gasteiger partial charge on any atom is -0.488 e. The van der Waals surface area contributed by atoms with Crippen LogP contribution in [0.4, 0.5) is 39.5 Å². The molecule has 2 atom stereocenters. The summed E-state index contributed by atoms with van der Waals surface area (Å²) in [5.41, 5.74) is 3.31. The molecule has 3 aromatic rings. The molecule has 0 saturated heterocycles. The van der Waals surface area contributed by atoms with Gasteiger partial charge in [-0.2, -0.15) is 30.7 Å². The number of alkyl halides is 7. The normalized spacial score (nSPS) is 14.4. The van der Waals surface area contributed by atoms with Gasteiger partial charge in [0.2, 0.25) is 5.91 Å². The Hall–Kier alpha value is -3.98. The summed E-state index contributed by atoms with van der Waals surface area (Å²) in [6, 6.07) is 10.5. The molecule has 1 amide bonds. The second-order valence-electron chi connectivity index (χ2n) is 10.4. The zero-order valence-electron chi connectivity index (χ0n) is 23.8. The minimum absolute atomic E-state index is 0.0186. The summed E-state index contributed by atoms with van der Waals surface area (Å²) in [4.78, 5) is 11.6. The van der Waals surface area contributed by atoms with Gasteiger partial charge in [0.25, 0.3) is 0 Å².